The molecule has 0 amide bonds. The van der Waals surface area contributed by atoms with Gasteiger partial charge in [0.2, 0.25) is 10.0 Å². The number of nitrogens with zero attached hydrogens (tertiary/aromatic N) is 1. The van der Waals surface area contributed by atoms with Crippen molar-refractivity contribution in [3.05, 3.63) is 36.4 Å². The van der Waals surface area contributed by atoms with Crippen LogP contribution in [0.15, 0.2) is 41.3 Å². The molecule has 2 fully saturated rings. The smallest absolute Gasteiger partial charge is 0.309 e. The van der Waals surface area contributed by atoms with Crippen molar-refractivity contribution in [3.8, 4) is 5.75 Å². The van der Waals surface area contributed by atoms with Gasteiger partial charge in [-0.15, -0.1) is 0 Å². The number of hydrogen-bond acceptors (Lipinski definition) is 4. The summed E-state index contributed by atoms with van der Waals surface area (Å²) in [6, 6.07) is 10.8. The van der Waals surface area contributed by atoms with Gasteiger partial charge in [-0.2, -0.15) is 4.31 Å². The third-order valence-electron chi connectivity index (χ3n) is 6.82. The minimum Gasteiger partial charge on any atom is -0.490 e. The van der Waals surface area contributed by atoms with E-state index in [1.165, 1.54) is 17.1 Å². The molecule has 4 rings (SSSR count). The van der Waals surface area contributed by atoms with Crippen LogP contribution in [0.3, 0.4) is 0 Å². The fourth-order valence-electron chi connectivity index (χ4n) is 4.61. The summed E-state index contributed by atoms with van der Waals surface area (Å²) in [5, 5.41) is 10.7. The minimum absolute atomic E-state index is 0.0277. The largest absolute Gasteiger partial charge is 0.490 e. The van der Waals surface area contributed by atoms with E-state index in [1.54, 1.807) is 18.2 Å². The van der Waals surface area contributed by atoms with Gasteiger partial charge in [0.15, 0.2) is 0 Å². The fourth-order valence-corrected chi connectivity index (χ4v) is 6.18. The monoisotopic (exact) mass is 445 g/mol. The number of hydrogen-bond donors (Lipinski definition) is 1. The number of sulfonamides is 1. The molecule has 2 aromatic rings. The molecule has 6 nitrogen and oxygen atoms in total. The number of benzene rings is 2. The van der Waals surface area contributed by atoms with Gasteiger partial charge in [-0.3, -0.25) is 4.79 Å². The lowest BCUT2D eigenvalue weighted by Gasteiger charge is -2.37. The van der Waals surface area contributed by atoms with E-state index in [4.69, 9.17) is 9.84 Å². The third kappa shape index (κ3) is 4.58. The summed E-state index contributed by atoms with van der Waals surface area (Å²) in [6.07, 6.45) is 4.71. The molecule has 0 radical (unpaired) electrons. The van der Waals surface area contributed by atoms with E-state index < -0.39 is 21.9 Å². The van der Waals surface area contributed by atoms with Gasteiger partial charge < -0.3 is 9.84 Å². The Morgan fingerprint density at radius 1 is 1.00 bits per heavy atom. The maximum atomic E-state index is 12.8. The van der Waals surface area contributed by atoms with Crippen molar-refractivity contribution in [1.82, 2.24) is 4.31 Å². The van der Waals surface area contributed by atoms with Gasteiger partial charge in [-0.05, 0) is 72.1 Å². The Hall–Kier alpha value is -2.12. The van der Waals surface area contributed by atoms with Crippen LogP contribution in [0.1, 0.15) is 46.5 Å². The number of carboxylic acid groups (broad SMARTS) is 1. The Morgan fingerprint density at radius 3 is 2.23 bits per heavy atom. The molecule has 0 aromatic heterocycles. The second-order valence-corrected chi connectivity index (χ2v) is 11.9. The highest BCUT2D eigenvalue weighted by Gasteiger charge is 2.40. The zero-order valence-corrected chi connectivity index (χ0v) is 19.2. The van der Waals surface area contributed by atoms with Gasteiger partial charge in [0, 0.05) is 13.1 Å². The van der Waals surface area contributed by atoms with E-state index in [9.17, 15) is 13.2 Å². The van der Waals surface area contributed by atoms with Gasteiger partial charge in [-0.1, -0.05) is 32.9 Å². The van der Waals surface area contributed by atoms with E-state index in [0.717, 1.165) is 35.3 Å². The Morgan fingerprint density at radius 2 is 1.61 bits per heavy atom. The van der Waals surface area contributed by atoms with Gasteiger partial charge in [0.25, 0.3) is 0 Å². The zero-order chi connectivity index (χ0) is 22.4. The summed E-state index contributed by atoms with van der Waals surface area (Å²) in [5.41, 5.74) is 0.344. The van der Waals surface area contributed by atoms with Crippen LogP contribution in [0, 0.1) is 17.3 Å². The normalized spacial score (nSPS) is 23.5. The van der Waals surface area contributed by atoms with E-state index in [2.05, 4.69) is 20.8 Å². The topological polar surface area (TPSA) is 83.9 Å². The predicted molar refractivity (Wildman–Crippen MR) is 120 cm³/mol. The summed E-state index contributed by atoms with van der Waals surface area (Å²) in [5.74, 6) is -0.0198. The molecule has 1 aliphatic carbocycles. The lowest BCUT2D eigenvalue weighted by Crippen LogP contribution is -2.52. The first-order valence-electron chi connectivity index (χ1n) is 11.0. The highest BCUT2D eigenvalue weighted by Crippen LogP contribution is 2.39. The van der Waals surface area contributed by atoms with Crippen molar-refractivity contribution in [3.63, 3.8) is 0 Å². The Bertz CT molecular complexity index is 1070. The number of carboxylic acids is 1. The average molecular weight is 446 g/mol. The van der Waals surface area contributed by atoms with E-state index in [-0.39, 0.29) is 24.1 Å². The molecule has 1 heterocycles. The molecule has 0 spiro atoms. The number of rotatable bonds is 5. The van der Waals surface area contributed by atoms with E-state index in [1.807, 2.05) is 18.2 Å². The van der Waals surface area contributed by atoms with Crippen LogP contribution in [-0.2, 0) is 14.8 Å². The SMILES string of the molecule is CC(C)(C)[C@H]1CC[C@H](Oc2ccc3cc(S(=O)(=O)N4CC(C(=O)O)C4)ccc3c2)CC1. The van der Waals surface area contributed by atoms with Crippen LogP contribution in [0.2, 0.25) is 0 Å². The molecule has 0 atom stereocenters. The van der Waals surface area contributed by atoms with Crippen LogP contribution < -0.4 is 4.74 Å². The Balaban J connectivity index is 1.44. The second-order valence-electron chi connectivity index (χ2n) is 9.99. The molecule has 7 heteroatoms. The summed E-state index contributed by atoms with van der Waals surface area (Å²) in [6.45, 7) is 6.98. The Kier molecular flexibility index (Phi) is 5.77. The van der Waals surface area contributed by atoms with Crippen molar-refractivity contribution < 1.29 is 23.1 Å². The molecule has 1 saturated heterocycles. The van der Waals surface area contributed by atoms with Crippen LogP contribution >= 0.6 is 0 Å². The number of carbonyl (C=O) groups is 1. The molecule has 31 heavy (non-hydrogen) atoms. The van der Waals surface area contributed by atoms with Gasteiger partial charge in [0.1, 0.15) is 5.75 Å². The first kappa shape index (κ1) is 22.1. The highest BCUT2D eigenvalue weighted by atomic mass is 32.2. The summed E-state index contributed by atoms with van der Waals surface area (Å²) < 4.78 is 33.0. The van der Waals surface area contributed by atoms with E-state index in [0.29, 0.717) is 5.41 Å². The van der Waals surface area contributed by atoms with Crippen LogP contribution in [-0.4, -0.2) is 43.0 Å². The van der Waals surface area contributed by atoms with Gasteiger partial charge in [0.05, 0.1) is 16.9 Å². The number of fused-ring (bicyclic) bond motifs is 1. The molecular formula is C24H31NO5S. The van der Waals surface area contributed by atoms with Crippen LogP contribution in [0.4, 0.5) is 0 Å². The zero-order valence-electron chi connectivity index (χ0n) is 18.4. The van der Waals surface area contributed by atoms with Gasteiger partial charge in [-0.25, -0.2) is 8.42 Å². The van der Waals surface area contributed by atoms with Crippen molar-refractivity contribution in [1.29, 1.82) is 0 Å². The number of aliphatic carboxylic acids is 1. The minimum atomic E-state index is -3.67. The van der Waals surface area contributed by atoms with Crippen molar-refractivity contribution in [2.75, 3.05) is 13.1 Å². The quantitative estimate of drug-likeness (QED) is 0.731. The van der Waals surface area contributed by atoms with Crippen molar-refractivity contribution >= 4 is 26.8 Å². The van der Waals surface area contributed by atoms with Gasteiger partial charge >= 0.3 is 5.97 Å². The maximum absolute atomic E-state index is 12.8. The Labute approximate surface area is 184 Å². The van der Waals surface area contributed by atoms with E-state index >= 15 is 0 Å². The molecule has 0 bridgehead atoms. The van der Waals surface area contributed by atoms with Crippen molar-refractivity contribution in [2.45, 2.75) is 57.5 Å². The van der Waals surface area contributed by atoms with Crippen LogP contribution in [0.25, 0.3) is 10.8 Å². The summed E-state index contributed by atoms with van der Waals surface area (Å²) in [4.78, 5) is 11.2. The molecule has 168 valence electrons. The fraction of sp³-hybridized carbons (Fsp3) is 0.542. The predicted octanol–water partition coefficient (Wildman–Crippen LogP) is 4.53. The number of ether oxygens (including phenoxy) is 1. The lowest BCUT2D eigenvalue weighted by molar-refractivity contribution is -0.145. The maximum Gasteiger partial charge on any atom is 0.309 e. The molecular weight excluding hydrogens is 414 g/mol. The first-order valence-corrected chi connectivity index (χ1v) is 12.4. The van der Waals surface area contributed by atoms with Crippen LogP contribution in [0.5, 0.6) is 5.75 Å². The summed E-state index contributed by atoms with van der Waals surface area (Å²) in [7, 11) is -3.67. The molecule has 1 saturated carbocycles. The average Bonchev–Trinajstić information content (AvgIpc) is 2.65. The second kappa shape index (κ2) is 8.10. The molecule has 0 unspecified atom stereocenters. The third-order valence-corrected chi connectivity index (χ3v) is 8.65. The summed E-state index contributed by atoms with van der Waals surface area (Å²) >= 11 is 0. The molecule has 2 aliphatic rings. The molecule has 1 aliphatic heterocycles. The lowest BCUT2D eigenvalue weighted by atomic mass is 9.72. The van der Waals surface area contributed by atoms with Crippen molar-refractivity contribution in [2.24, 2.45) is 17.3 Å². The standard InChI is InChI=1S/C24H31NO5S/c1-24(2,3)19-6-9-20(10-7-19)30-21-8-4-17-13-22(11-5-16(17)12-21)31(28,29)25-14-18(15-25)23(26)27/h4-5,8,11-13,18-20H,6-7,9-10,14-15H2,1-3H3,(H,26,27)/t19-,20-. The first-order chi connectivity index (χ1) is 14.5. The molecule has 2 aromatic carbocycles. The molecule has 1 N–H and O–H groups in total. The highest BCUT2D eigenvalue weighted by molar-refractivity contribution is 7.89.